The van der Waals surface area contributed by atoms with Crippen molar-refractivity contribution in [3.63, 3.8) is 0 Å². The van der Waals surface area contributed by atoms with Gasteiger partial charge >= 0.3 is 5.97 Å². The van der Waals surface area contributed by atoms with Gasteiger partial charge in [0.25, 0.3) is 0 Å². The van der Waals surface area contributed by atoms with E-state index in [0.717, 1.165) is 0 Å². The third-order valence-corrected chi connectivity index (χ3v) is 14.7. The van der Waals surface area contributed by atoms with Crippen molar-refractivity contribution < 1.29 is 62.6 Å². The first kappa shape index (κ1) is 63.1. The second kappa shape index (κ2) is 28.8. The fourth-order valence-corrected chi connectivity index (χ4v) is 9.74. The molecule has 0 aromatic heterocycles. The van der Waals surface area contributed by atoms with Crippen LogP contribution >= 0.6 is 0 Å². The molecule has 0 aromatic carbocycles. The molecule has 2 saturated heterocycles. The minimum absolute atomic E-state index is 0.00836. The number of likely N-dealkylation sites (tertiary alicyclic amines) is 2. The number of hydrogen-bond donors (Lipinski definition) is 11. The van der Waals surface area contributed by atoms with Gasteiger partial charge in [0.1, 0.15) is 53.4 Å². The summed E-state index contributed by atoms with van der Waals surface area (Å²) in [6, 6.07) is -8.64. The fourth-order valence-electron chi connectivity index (χ4n) is 9.74. The van der Waals surface area contributed by atoms with Gasteiger partial charge in [0.15, 0.2) is 0 Å². The van der Waals surface area contributed by atoms with Gasteiger partial charge < -0.3 is 68.5 Å². The summed E-state index contributed by atoms with van der Waals surface area (Å²) in [6.45, 7) is 15.1. The maximum Gasteiger partial charge on any atom is 0.329 e. The quantitative estimate of drug-likeness (QED) is 0.0265. The first-order valence-electron chi connectivity index (χ1n) is 27.4. The summed E-state index contributed by atoms with van der Waals surface area (Å²) in [5.41, 5.74) is 3.29. The predicted octanol–water partition coefficient (Wildman–Crippen LogP) is -1.44. The normalized spacial score (nSPS) is 20.4. The number of carboxylic acids is 1. The van der Waals surface area contributed by atoms with E-state index in [1.54, 1.807) is 27.7 Å². The smallest absolute Gasteiger partial charge is 0.329 e. The predicted molar refractivity (Wildman–Crippen MR) is 280 cm³/mol. The lowest BCUT2D eigenvalue weighted by molar-refractivity contribution is -0.146. The molecule has 2 aliphatic heterocycles. The third kappa shape index (κ3) is 17.8. The molecule has 12 N–H and O–H groups in total. The number of rotatable bonds is 33. The zero-order valence-corrected chi connectivity index (χ0v) is 46.1. The highest BCUT2D eigenvalue weighted by Gasteiger charge is 2.55. The molecule has 25 heteroatoms. The lowest BCUT2D eigenvalue weighted by atomic mass is 9.99. The summed E-state index contributed by atoms with van der Waals surface area (Å²) < 4.78 is 0. The number of aliphatic carboxylic acids is 1. The molecule has 4 rings (SSSR count). The number of nitrogens with zero attached hydrogens (tertiary/aromatic N) is 2. The molecule has 0 aromatic rings. The highest BCUT2D eigenvalue weighted by Crippen LogP contribution is 2.38. The average Bonchev–Trinajstić information content (AvgIpc) is 4.20. The second-order valence-corrected chi connectivity index (χ2v) is 22.7. The van der Waals surface area contributed by atoms with Crippen molar-refractivity contribution in [2.45, 2.75) is 205 Å². The van der Waals surface area contributed by atoms with Crippen molar-refractivity contribution in [1.82, 2.24) is 57.7 Å². The third-order valence-electron chi connectivity index (χ3n) is 14.7. The summed E-state index contributed by atoms with van der Waals surface area (Å²) in [7, 11) is 0. The van der Waals surface area contributed by atoms with Crippen LogP contribution in [0.4, 0.5) is 0 Å². The summed E-state index contributed by atoms with van der Waals surface area (Å²) in [5, 5.41) is 34.0. The molecule has 0 radical (unpaired) electrons. The molecular weight excluding hydrogens is 1000 g/mol. The number of carbonyl (C=O) groups excluding carboxylic acids is 11. The van der Waals surface area contributed by atoms with Crippen LogP contribution in [0.1, 0.15) is 145 Å². The van der Waals surface area contributed by atoms with Gasteiger partial charge in [-0.3, -0.25) is 52.7 Å². The Hall–Kier alpha value is -6.40. The van der Waals surface area contributed by atoms with E-state index in [9.17, 15) is 62.6 Å². The van der Waals surface area contributed by atoms with E-state index in [4.69, 9.17) is 5.73 Å². The van der Waals surface area contributed by atoms with Gasteiger partial charge in [0.05, 0.1) is 6.04 Å². The molecule has 8 atom stereocenters. The SMILES string of the molecule is CC(C)C[C@H](NC(=O)[C@H](CCCNC=O)NC(=O)[C@@H](NC(=O)C1(NC(=O)[C@H]2CCCN2C(=O)[C@H](CC(C)C)NC(=O)[C@H](CCCNC=O)NC(=O)[C@@H](N)C(C)C)CC1)C(C)C)C(=O)N1CCC[C@@H]1C(=O)NC1(C(=O)O)CC1. The Bertz CT molecular complexity index is 2150. The van der Waals surface area contributed by atoms with Crippen molar-refractivity contribution in [1.29, 1.82) is 0 Å². The zero-order valence-electron chi connectivity index (χ0n) is 46.1. The molecule has 0 unspecified atom stereocenters. The Morgan fingerprint density at radius 3 is 1.32 bits per heavy atom. The maximum absolute atomic E-state index is 14.4. The molecular formula is C52H86N12O13. The van der Waals surface area contributed by atoms with Gasteiger partial charge in [-0.15, -0.1) is 0 Å². The summed E-state index contributed by atoms with van der Waals surface area (Å²) >= 11 is 0. The van der Waals surface area contributed by atoms with Gasteiger partial charge in [-0.05, 0) is 114 Å². The lowest BCUT2D eigenvalue weighted by Crippen LogP contribution is -2.62. The summed E-state index contributed by atoms with van der Waals surface area (Å²) in [6.07, 6.45) is 4.56. The Labute approximate surface area is 451 Å². The summed E-state index contributed by atoms with van der Waals surface area (Å²) in [4.78, 5) is 162. The van der Waals surface area contributed by atoms with Crippen LogP contribution < -0.4 is 53.6 Å². The maximum atomic E-state index is 14.4. The van der Waals surface area contributed by atoms with Crippen LogP contribution in [0.15, 0.2) is 0 Å². The molecule has 4 aliphatic rings. The Morgan fingerprint density at radius 2 is 0.961 bits per heavy atom. The summed E-state index contributed by atoms with van der Waals surface area (Å²) in [5.74, 6) is -7.67. The van der Waals surface area contributed by atoms with Crippen molar-refractivity contribution in [2.75, 3.05) is 26.2 Å². The Balaban J connectivity index is 1.46. The number of hydrogen-bond acceptors (Lipinski definition) is 13. The van der Waals surface area contributed by atoms with Gasteiger partial charge in [0.2, 0.25) is 66.0 Å². The topological polar surface area (TPSA) is 366 Å². The average molecular weight is 1090 g/mol. The van der Waals surface area contributed by atoms with Gasteiger partial charge in [-0.2, -0.15) is 0 Å². The van der Waals surface area contributed by atoms with Gasteiger partial charge in [-0.1, -0.05) is 55.4 Å². The van der Waals surface area contributed by atoms with E-state index < -0.39 is 124 Å². The van der Waals surface area contributed by atoms with Crippen LogP contribution in [0.25, 0.3) is 0 Å². The molecule has 11 amide bonds. The van der Waals surface area contributed by atoms with Gasteiger partial charge in [-0.25, -0.2) is 4.79 Å². The number of amides is 11. The van der Waals surface area contributed by atoms with Crippen molar-refractivity contribution in [2.24, 2.45) is 29.4 Å². The van der Waals surface area contributed by atoms with Crippen LogP contribution in [0.2, 0.25) is 0 Å². The monoisotopic (exact) mass is 1090 g/mol. The largest absolute Gasteiger partial charge is 0.480 e. The van der Waals surface area contributed by atoms with E-state index in [1.807, 2.05) is 27.7 Å². The molecule has 4 fully saturated rings. The van der Waals surface area contributed by atoms with Crippen molar-refractivity contribution in [3.05, 3.63) is 0 Å². The van der Waals surface area contributed by atoms with Gasteiger partial charge in [0, 0.05) is 26.2 Å². The highest BCUT2D eigenvalue weighted by atomic mass is 16.4. The van der Waals surface area contributed by atoms with Crippen molar-refractivity contribution >= 4 is 72.0 Å². The second-order valence-electron chi connectivity index (χ2n) is 22.7. The first-order valence-corrected chi connectivity index (χ1v) is 27.4. The van der Waals surface area contributed by atoms with E-state index in [2.05, 4.69) is 47.9 Å². The van der Waals surface area contributed by atoms with Crippen LogP contribution in [-0.4, -0.2) is 172 Å². The standard InChI is InChI=1S/C52H86N12O13/c1-29(2)25-35(58-41(67)33(13-9-21-54-27-65)56-45(71)39(53)31(5)6)47(73)63-23-11-15-37(63)43(69)61-51(17-18-51)49(75)60-40(32(7)8)46(72)57-34(14-10-22-55-28-66)42(68)59-36(26-30(3)4)48(74)64-24-12-16-38(64)44(70)62-52(19-20-52)50(76)77/h27-40H,9-26,53H2,1-8H3,(H,54,65)(H,55,66)(H,56,71)(H,57,72)(H,58,67)(H,59,68)(H,60,75)(H,61,69)(H,62,70)(H,76,77)/t33-,34-,35-,36-,37+,38+,39-,40-/m0/s1. The fraction of sp³-hybridized carbons (Fsp3) is 0.769. The Kier molecular flexibility index (Phi) is 23.6. The Morgan fingerprint density at radius 1 is 0.558 bits per heavy atom. The van der Waals surface area contributed by atoms with E-state index in [-0.39, 0.29) is 108 Å². The number of nitrogens with two attached hydrogens (primary N) is 1. The van der Waals surface area contributed by atoms with E-state index in [1.165, 1.54) is 9.80 Å². The molecule has 77 heavy (non-hydrogen) atoms. The molecule has 432 valence electrons. The number of carbonyl (C=O) groups is 12. The first-order chi connectivity index (χ1) is 36.3. The van der Waals surface area contributed by atoms with Crippen LogP contribution in [-0.2, 0) is 57.5 Å². The highest BCUT2D eigenvalue weighted by molar-refractivity contribution is 6.01. The minimum Gasteiger partial charge on any atom is -0.480 e. The molecule has 2 saturated carbocycles. The van der Waals surface area contributed by atoms with E-state index >= 15 is 0 Å². The molecule has 0 bridgehead atoms. The van der Waals surface area contributed by atoms with E-state index in [0.29, 0.717) is 38.5 Å². The van der Waals surface area contributed by atoms with Crippen molar-refractivity contribution in [3.8, 4) is 0 Å². The number of carboxylic acid groups (broad SMARTS) is 1. The molecule has 2 aliphatic carbocycles. The van der Waals surface area contributed by atoms with Crippen LogP contribution in [0.5, 0.6) is 0 Å². The molecule has 0 spiro atoms. The zero-order chi connectivity index (χ0) is 57.4. The lowest BCUT2D eigenvalue weighted by Gasteiger charge is -2.32. The molecule has 2 heterocycles. The molecule has 25 nitrogen and oxygen atoms in total. The minimum atomic E-state index is -1.42. The van der Waals surface area contributed by atoms with Crippen LogP contribution in [0, 0.1) is 23.7 Å². The number of nitrogens with one attached hydrogen (secondary N) is 9. The van der Waals surface area contributed by atoms with Crippen LogP contribution in [0.3, 0.4) is 0 Å².